The molecule has 1 aromatic carbocycles. The van der Waals surface area contributed by atoms with E-state index in [1.165, 1.54) is 11.1 Å². The predicted molar refractivity (Wildman–Crippen MR) is 83.5 cm³/mol. The average molecular weight is 285 g/mol. The van der Waals surface area contributed by atoms with Crippen LogP contribution in [-0.2, 0) is 6.42 Å². The van der Waals surface area contributed by atoms with Crippen LogP contribution in [-0.4, -0.2) is 10.8 Å². The van der Waals surface area contributed by atoms with Gasteiger partial charge in [-0.1, -0.05) is 37.6 Å². The van der Waals surface area contributed by atoms with Gasteiger partial charge in [0.1, 0.15) is 5.01 Å². The van der Waals surface area contributed by atoms with E-state index >= 15 is 0 Å². The number of hydrogen-bond acceptors (Lipinski definition) is 3. The van der Waals surface area contributed by atoms with E-state index < -0.39 is 0 Å². The van der Waals surface area contributed by atoms with Gasteiger partial charge in [0.25, 0.3) is 0 Å². The number of ketones is 1. The number of Topliss-reactive ketones (excluding diaryl/α,β-unsaturated/α-hetero) is 1. The molecule has 0 saturated carbocycles. The second kappa shape index (κ2) is 4.52. The highest BCUT2D eigenvalue weighted by atomic mass is 32.1. The van der Waals surface area contributed by atoms with Gasteiger partial charge in [0.2, 0.25) is 0 Å². The molecule has 0 atom stereocenters. The van der Waals surface area contributed by atoms with E-state index in [0.29, 0.717) is 6.42 Å². The van der Waals surface area contributed by atoms with Gasteiger partial charge in [0, 0.05) is 12.0 Å². The summed E-state index contributed by atoms with van der Waals surface area (Å²) in [5.74, 6) is 0.254. The van der Waals surface area contributed by atoms with Crippen molar-refractivity contribution in [2.75, 3.05) is 0 Å². The van der Waals surface area contributed by atoms with E-state index in [1.54, 1.807) is 11.3 Å². The third-order valence-electron chi connectivity index (χ3n) is 3.85. The summed E-state index contributed by atoms with van der Waals surface area (Å²) >= 11 is 1.56. The van der Waals surface area contributed by atoms with Crippen molar-refractivity contribution in [3.8, 4) is 10.6 Å². The first kappa shape index (κ1) is 13.5. The topological polar surface area (TPSA) is 30.0 Å². The lowest BCUT2D eigenvalue weighted by Crippen LogP contribution is -2.25. The Labute approximate surface area is 123 Å². The van der Waals surface area contributed by atoms with Crippen molar-refractivity contribution in [3.05, 3.63) is 39.9 Å². The van der Waals surface area contributed by atoms with Gasteiger partial charge in [0.15, 0.2) is 5.78 Å². The normalized spacial score (nSPS) is 17.1. The quantitative estimate of drug-likeness (QED) is 0.767. The van der Waals surface area contributed by atoms with E-state index in [4.69, 9.17) is 4.98 Å². The molecule has 3 heteroatoms. The Balaban J connectivity index is 2.08. The van der Waals surface area contributed by atoms with Gasteiger partial charge in [-0.2, -0.15) is 0 Å². The second-order valence-corrected chi connectivity index (χ2v) is 7.55. The van der Waals surface area contributed by atoms with Crippen LogP contribution in [0.25, 0.3) is 10.6 Å². The molecule has 0 aliphatic heterocycles. The maximum absolute atomic E-state index is 12.3. The summed E-state index contributed by atoms with van der Waals surface area (Å²) in [5.41, 5.74) is 4.66. The van der Waals surface area contributed by atoms with Crippen molar-refractivity contribution in [2.45, 2.75) is 40.5 Å². The lowest BCUT2D eigenvalue weighted by Gasteiger charge is -2.26. The van der Waals surface area contributed by atoms with E-state index in [-0.39, 0.29) is 11.2 Å². The van der Waals surface area contributed by atoms with Crippen molar-refractivity contribution in [1.29, 1.82) is 0 Å². The number of hydrogen-bond donors (Lipinski definition) is 0. The SMILES string of the molecule is Cc1ccc(-c2nc3c(s2)C(=O)CC(C)(C)C3)c(C)c1. The Morgan fingerprint density at radius 1 is 1.20 bits per heavy atom. The number of rotatable bonds is 1. The highest BCUT2D eigenvalue weighted by Crippen LogP contribution is 2.40. The molecule has 0 unspecified atom stereocenters. The van der Waals surface area contributed by atoms with Crippen molar-refractivity contribution in [3.63, 3.8) is 0 Å². The maximum atomic E-state index is 12.3. The van der Waals surface area contributed by atoms with Crippen LogP contribution >= 0.6 is 11.3 Å². The Bertz CT molecular complexity index is 697. The van der Waals surface area contributed by atoms with Crippen LogP contribution in [0.3, 0.4) is 0 Å². The molecular formula is C17H19NOS. The third-order valence-corrected chi connectivity index (χ3v) is 5.02. The number of carbonyl (C=O) groups excluding carboxylic acids is 1. The van der Waals surface area contributed by atoms with E-state index in [2.05, 4.69) is 45.9 Å². The van der Waals surface area contributed by atoms with E-state index in [9.17, 15) is 4.79 Å². The van der Waals surface area contributed by atoms with Gasteiger partial charge >= 0.3 is 0 Å². The van der Waals surface area contributed by atoms with Crippen LogP contribution in [0.15, 0.2) is 18.2 Å². The van der Waals surface area contributed by atoms with E-state index in [1.807, 2.05) is 0 Å². The number of nitrogens with zero attached hydrogens (tertiary/aromatic N) is 1. The number of aromatic nitrogens is 1. The summed E-state index contributed by atoms with van der Waals surface area (Å²) in [4.78, 5) is 17.9. The lowest BCUT2D eigenvalue weighted by atomic mass is 9.78. The van der Waals surface area contributed by atoms with Crippen LogP contribution < -0.4 is 0 Å². The summed E-state index contributed by atoms with van der Waals surface area (Å²) in [6.45, 7) is 8.48. The number of benzene rings is 1. The summed E-state index contributed by atoms with van der Waals surface area (Å²) in [6.07, 6.45) is 1.53. The molecule has 0 saturated heterocycles. The van der Waals surface area contributed by atoms with Crippen molar-refractivity contribution >= 4 is 17.1 Å². The van der Waals surface area contributed by atoms with Gasteiger partial charge in [-0.25, -0.2) is 4.98 Å². The zero-order chi connectivity index (χ0) is 14.5. The highest BCUT2D eigenvalue weighted by molar-refractivity contribution is 7.17. The monoisotopic (exact) mass is 285 g/mol. The van der Waals surface area contributed by atoms with Crippen LogP contribution in [0.1, 0.15) is 46.8 Å². The minimum atomic E-state index is 0.0394. The van der Waals surface area contributed by atoms with Gasteiger partial charge < -0.3 is 0 Å². The number of fused-ring (bicyclic) bond motifs is 1. The van der Waals surface area contributed by atoms with E-state index in [0.717, 1.165) is 27.6 Å². The zero-order valence-electron chi connectivity index (χ0n) is 12.4. The molecule has 0 N–H and O–H groups in total. The third kappa shape index (κ3) is 2.31. The molecule has 0 amide bonds. The minimum Gasteiger partial charge on any atom is -0.293 e. The van der Waals surface area contributed by atoms with Crippen LogP contribution in [0.4, 0.5) is 0 Å². The Morgan fingerprint density at radius 2 is 1.95 bits per heavy atom. The predicted octanol–water partition coefficient (Wildman–Crippen LogP) is 4.58. The molecule has 0 fully saturated rings. The van der Waals surface area contributed by atoms with Crippen molar-refractivity contribution in [1.82, 2.24) is 4.98 Å². The largest absolute Gasteiger partial charge is 0.293 e. The first-order valence-corrected chi connectivity index (χ1v) is 7.78. The van der Waals surface area contributed by atoms with Crippen molar-refractivity contribution < 1.29 is 4.79 Å². The summed E-state index contributed by atoms with van der Waals surface area (Å²) in [6, 6.07) is 6.39. The average Bonchev–Trinajstić information content (AvgIpc) is 2.70. The van der Waals surface area contributed by atoms with Gasteiger partial charge in [0.05, 0.1) is 10.6 Å². The van der Waals surface area contributed by atoms with Crippen LogP contribution in [0.5, 0.6) is 0 Å². The first-order valence-electron chi connectivity index (χ1n) is 6.96. The molecule has 104 valence electrons. The summed E-state index contributed by atoms with van der Waals surface area (Å²) in [5, 5.41) is 0.985. The van der Waals surface area contributed by atoms with Crippen molar-refractivity contribution in [2.24, 2.45) is 5.41 Å². The number of carbonyl (C=O) groups is 1. The Hall–Kier alpha value is -1.48. The Morgan fingerprint density at radius 3 is 2.65 bits per heavy atom. The van der Waals surface area contributed by atoms with Gasteiger partial charge in [-0.15, -0.1) is 11.3 Å². The Kier molecular flexibility index (Phi) is 3.05. The molecule has 3 rings (SSSR count). The molecule has 20 heavy (non-hydrogen) atoms. The molecule has 0 bridgehead atoms. The fourth-order valence-corrected chi connectivity index (χ4v) is 4.00. The van der Waals surface area contributed by atoms with Crippen LogP contribution in [0.2, 0.25) is 0 Å². The molecule has 1 aromatic heterocycles. The molecule has 1 aliphatic carbocycles. The molecule has 2 nitrogen and oxygen atoms in total. The lowest BCUT2D eigenvalue weighted by molar-refractivity contribution is 0.0916. The summed E-state index contributed by atoms with van der Waals surface area (Å²) in [7, 11) is 0. The molecule has 1 aliphatic rings. The molecule has 0 spiro atoms. The maximum Gasteiger partial charge on any atom is 0.175 e. The first-order chi connectivity index (χ1) is 9.35. The molecule has 2 aromatic rings. The zero-order valence-corrected chi connectivity index (χ0v) is 13.2. The minimum absolute atomic E-state index is 0.0394. The number of aryl methyl sites for hydroxylation is 2. The fourth-order valence-electron chi connectivity index (χ4n) is 2.89. The standard InChI is InChI=1S/C17H19NOS/c1-10-5-6-12(11(2)7-10)16-18-13-8-17(3,4)9-14(19)15(13)20-16/h5-7H,8-9H2,1-4H3. The smallest absolute Gasteiger partial charge is 0.175 e. The molecule has 0 radical (unpaired) electrons. The molecular weight excluding hydrogens is 266 g/mol. The number of thiazole rings is 1. The van der Waals surface area contributed by atoms with Crippen LogP contribution in [0, 0.1) is 19.3 Å². The highest BCUT2D eigenvalue weighted by Gasteiger charge is 2.34. The fraction of sp³-hybridized carbons (Fsp3) is 0.412. The van der Waals surface area contributed by atoms with Gasteiger partial charge in [-0.3, -0.25) is 4.79 Å². The second-order valence-electron chi connectivity index (χ2n) is 6.55. The molecule has 1 heterocycles. The van der Waals surface area contributed by atoms with Gasteiger partial charge in [-0.05, 0) is 31.2 Å². The summed E-state index contributed by atoms with van der Waals surface area (Å²) < 4.78 is 0.